The monoisotopic (exact) mass is 386 g/mol. The molecule has 9 heteroatoms. The molecule has 1 aliphatic carbocycles. The van der Waals surface area contributed by atoms with Gasteiger partial charge in [-0.2, -0.15) is 5.10 Å². The van der Waals surface area contributed by atoms with Crippen LogP contribution in [0.3, 0.4) is 0 Å². The summed E-state index contributed by atoms with van der Waals surface area (Å²) in [6, 6.07) is 0.201. The number of ether oxygens (including phenoxy) is 1. The van der Waals surface area contributed by atoms with Crippen molar-refractivity contribution in [2.45, 2.75) is 44.7 Å². The van der Waals surface area contributed by atoms with Gasteiger partial charge in [-0.3, -0.25) is 14.3 Å². The maximum Gasteiger partial charge on any atom is 0.316 e. The molecule has 2 heterocycles. The third-order valence-corrected chi connectivity index (χ3v) is 5.09. The molecule has 0 spiro atoms. The van der Waals surface area contributed by atoms with E-state index in [0.717, 1.165) is 31.2 Å². The van der Waals surface area contributed by atoms with Gasteiger partial charge in [0, 0.05) is 43.2 Å². The number of aryl methyl sites for hydroxylation is 1. The second kappa shape index (κ2) is 8.81. The molecule has 0 aromatic carbocycles. The predicted octanol–water partition coefficient (Wildman–Crippen LogP) is 1.38. The summed E-state index contributed by atoms with van der Waals surface area (Å²) in [7, 11) is 3.33. The van der Waals surface area contributed by atoms with Crippen molar-refractivity contribution in [3.63, 3.8) is 0 Å². The minimum Gasteiger partial charge on any atom is -0.467 e. The van der Waals surface area contributed by atoms with Crippen LogP contribution in [0.4, 0.5) is 0 Å². The zero-order chi connectivity index (χ0) is 20.1. The average molecular weight is 386 g/mol. The Hall–Kier alpha value is -2.97. The van der Waals surface area contributed by atoms with Gasteiger partial charge in [-0.15, -0.1) is 0 Å². The van der Waals surface area contributed by atoms with Gasteiger partial charge in [-0.25, -0.2) is 9.97 Å². The van der Waals surface area contributed by atoms with Crippen LogP contribution in [0.5, 0.6) is 6.01 Å². The maximum atomic E-state index is 12.5. The van der Waals surface area contributed by atoms with Gasteiger partial charge in [0.25, 0.3) is 5.91 Å². The van der Waals surface area contributed by atoms with E-state index in [2.05, 4.69) is 25.7 Å². The van der Waals surface area contributed by atoms with Gasteiger partial charge in [0.15, 0.2) is 0 Å². The largest absolute Gasteiger partial charge is 0.467 e. The van der Waals surface area contributed by atoms with E-state index in [0.29, 0.717) is 5.56 Å². The third kappa shape index (κ3) is 4.85. The van der Waals surface area contributed by atoms with Crippen molar-refractivity contribution in [3.8, 4) is 6.01 Å². The van der Waals surface area contributed by atoms with Gasteiger partial charge in [0.2, 0.25) is 5.91 Å². The topological polar surface area (TPSA) is 111 Å². The summed E-state index contributed by atoms with van der Waals surface area (Å²) in [5, 5.41) is 10.2. The van der Waals surface area contributed by atoms with Crippen molar-refractivity contribution in [3.05, 3.63) is 35.9 Å². The summed E-state index contributed by atoms with van der Waals surface area (Å²) in [6.07, 6.45) is 9.58. The Bertz CT molecular complexity index is 811. The average Bonchev–Trinajstić information content (AvgIpc) is 3.15. The van der Waals surface area contributed by atoms with Crippen molar-refractivity contribution in [2.75, 3.05) is 7.11 Å². The molecular weight excluding hydrogens is 360 g/mol. The Balaban J connectivity index is 1.45. The Kier molecular flexibility index (Phi) is 6.23. The van der Waals surface area contributed by atoms with Crippen LogP contribution in [0, 0.1) is 5.92 Å². The van der Waals surface area contributed by atoms with Gasteiger partial charge in [0.05, 0.1) is 24.9 Å². The number of rotatable bonds is 6. The van der Waals surface area contributed by atoms with Crippen LogP contribution in [0.2, 0.25) is 0 Å². The lowest BCUT2D eigenvalue weighted by Gasteiger charge is -2.29. The standard InChI is InChI=1S/C19H26N6O3/c1-12(15-10-22-25(2)11-15)23-17(26)13-4-6-16(7-5-13)24-18(27)14-8-20-19(28-3)21-9-14/h8-13,16H,4-7H2,1-3H3,(H,23,26)(H,24,27). The number of hydrogen-bond acceptors (Lipinski definition) is 6. The number of amides is 2. The molecule has 2 aromatic heterocycles. The van der Waals surface area contributed by atoms with E-state index >= 15 is 0 Å². The molecule has 0 radical (unpaired) electrons. The molecule has 2 N–H and O–H groups in total. The number of hydrogen-bond donors (Lipinski definition) is 2. The first-order chi connectivity index (χ1) is 13.5. The summed E-state index contributed by atoms with van der Waals surface area (Å²) in [4.78, 5) is 32.8. The first-order valence-corrected chi connectivity index (χ1v) is 9.42. The highest BCUT2D eigenvalue weighted by Crippen LogP contribution is 2.25. The van der Waals surface area contributed by atoms with E-state index in [4.69, 9.17) is 4.74 Å². The highest BCUT2D eigenvalue weighted by Gasteiger charge is 2.28. The molecule has 9 nitrogen and oxygen atoms in total. The van der Waals surface area contributed by atoms with E-state index in [1.165, 1.54) is 19.5 Å². The molecule has 1 aliphatic rings. The molecule has 3 rings (SSSR count). The van der Waals surface area contributed by atoms with Crippen LogP contribution in [0.25, 0.3) is 0 Å². The van der Waals surface area contributed by atoms with Crippen LogP contribution >= 0.6 is 0 Å². The van der Waals surface area contributed by atoms with Crippen LogP contribution in [-0.4, -0.2) is 44.7 Å². The van der Waals surface area contributed by atoms with Gasteiger partial charge in [-0.1, -0.05) is 0 Å². The minimum absolute atomic E-state index is 0.0309. The lowest BCUT2D eigenvalue weighted by atomic mass is 9.85. The summed E-state index contributed by atoms with van der Waals surface area (Å²) in [5.74, 6) is -0.179. The molecule has 0 aliphatic heterocycles. The van der Waals surface area contributed by atoms with E-state index in [9.17, 15) is 9.59 Å². The molecule has 2 aromatic rings. The fraction of sp³-hybridized carbons (Fsp3) is 0.526. The van der Waals surface area contributed by atoms with Crippen molar-refractivity contribution < 1.29 is 14.3 Å². The second-order valence-corrected chi connectivity index (χ2v) is 7.16. The molecular formula is C19H26N6O3. The predicted molar refractivity (Wildman–Crippen MR) is 102 cm³/mol. The van der Waals surface area contributed by atoms with E-state index < -0.39 is 0 Å². The summed E-state index contributed by atoms with van der Waals surface area (Å²) in [6.45, 7) is 1.96. The fourth-order valence-corrected chi connectivity index (χ4v) is 3.39. The highest BCUT2D eigenvalue weighted by atomic mass is 16.5. The molecule has 0 bridgehead atoms. The Morgan fingerprint density at radius 3 is 2.43 bits per heavy atom. The number of carbonyl (C=O) groups is 2. The molecule has 28 heavy (non-hydrogen) atoms. The number of methoxy groups -OCH3 is 1. The lowest BCUT2D eigenvalue weighted by molar-refractivity contribution is -0.126. The quantitative estimate of drug-likeness (QED) is 0.776. The van der Waals surface area contributed by atoms with Crippen LogP contribution < -0.4 is 15.4 Å². The van der Waals surface area contributed by atoms with Crippen molar-refractivity contribution in [1.29, 1.82) is 0 Å². The third-order valence-electron chi connectivity index (χ3n) is 5.09. The molecule has 1 unspecified atom stereocenters. The highest BCUT2D eigenvalue weighted by molar-refractivity contribution is 5.93. The molecule has 1 atom stereocenters. The summed E-state index contributed by atoms with van der Waals surface area (Å²) < 4.78 is 6.62. The number of nitrogens with one attached hydrogen (secondary N) is 2. The smallest absolute Gasteiger partial charge is 0.316 e. The molecule has 1 fully saturated rings. The lowest BCUT2D eigenvalue weighted by Crippen LogP contribution is -2.41. The van der Waals surface area contributed by atoms with E-state index in [1.807, 2.05) is 20.2 Å². The number of carbonyl (C=O) groups excluding carboxylic acids is 2. The number of aromatic nitrogens is 4. The molecule has 0 saturated heterocycles. The summed E-state index contributed by atoms with van der Waals surface area (Å²) in [5.41, 5.74) is 1.38. The van der Waals surface area contributed by atoms with Crippen molar-refractivity contribution in [2.24, 2.45) is 13.0 Å². The Morgan fingerprint density at radius 2 is 1.86 bits per heavy atom. The van der Waals surface area contributed by atoms with Crippen LogP contribution in [0.1, 0.15) is 54.6 Å². The summed E-state index contributed by atoms with van der Waals surface area (Å²) >= 11 is 0. The number of nitrogens with zero attached hydrogens (tertiary/aromatic N) is 4. The SMILES string of the molecule is COc1ncc(C(=O)NC2CCC(C(=O)NC(C)c3cnn(C)c3)CC2)cn1. The zero-order valence-corrected chi connectivity index (χ0v) is 16.4. The molecule has 150 valence electrons. The van der Waals surface area contributed by atoms with Gasteiger partial charge in [0.1, 0.15) is 0 Å². The second-order valence-electron chi connectivity index (χ2n) is 7.16. The first kappa shape index (κ1) is 19.8. The Labute approximate surface area is 163 Å². The van der Waals surface area contributed by atoms with E-state index in [-0.39, 0.29) is 35.8 Å². The normalized spacial score (nSPS) is 20.2. The minimum atomic E-state index is -0.208. The van der Waals surface area contributed by atoms with Crippen molar-refractivity contribution >= 4 is 11.8 Å². The van der Waals surface area contributed by atoms with Crippen LogP contribution in [0.15, 0.2) is 24.8 Å². The van der Waals surface area contributed by atoms with Crippen molar-refractivity contribution in [1.82, 2.24) is 30.4 Å². The van der Waals surface area contributed by atoms with Gasteiger partial charge in [-0.05, 0) is 32.6 Å². The molecule has 2 amide bonds. The van der Waals surface area contributed by atoms with Crippen LogP contribution in [-0.2, 0) is 11.8 Å². The van der Waals surface area contributed by atoms with E-state index in [1.54, 1.807) is 10.9 Å². The zero-order valence-electron chi connectivity index (χ0n) is 16.4. The van der Waals surface area contributed by atoms with Gasteiger partial charge < -0.3 is 15.4 Å². The fourth-order valence-electron chi connectivity index (χ4n) is 3.39. The molecule has 1 saturated carbocycles. The maximum absolute atomic E-state index is 12.5. The van der Waals surface area contributed by atoms with Gasteiger partial charge >= 0.3 is 6.01 Å². The first-order valence-electron chi connectivity index (χ1n) is 9.42. The Morgan fingerprint density at radius 1 is 1.18 bits per heavy atom.